The number of amides is 4. The zero-order valence-electron chi connectivity index (χ0n) is 21.1. The van der Waals surface area contributed by atoms with Crippen LogP contribution < -0.4 is 21.7 Å². The van der Waals surface area contributed by atoms with Crippen LogP contribution in [0.1, 0.15) is 52.9 Å². The molecule has 0 spiro atoms. The van der Waals surface area contributed by atoms with Gasteiger partial charge in [0, 0.05) is 12.8 Å². The number of nitrogens with two attached hydrogens (primary N) is 1. The van der Waals surface area contributed by atoms with Crippen LogP contribution in [0.15, 0.2) is 0 Å². The summed E-state index contributed by atoms with van der Waals surface area (Å²) in [6.07, 6.45) is -6.27. The summed E-state index contributed by atoms with van der Waals surface area (Å²) >= 11 is 0. The first kappa shape index (κ1) is 32.2. The van der Waals surface area contributed by atoms with Crippen molar-refractivity contribution in [1.82, 2.24) is 16.0 Å². The van der Waals surface area contributed by atoms with Crippen LogP contribution in [0.2, 0.25) is 0 Å². The Morgan fingerprint density at radius 3 is 2.24 bits per heavy atom. The molecule has 1 saturated heterocycles. The Hall–Kier alpha value is -2.85. The van der Waals surface area contributed by atoms with E-state index in [-0.39, 0.29) is 12.8 Å². The SMILES string of the molecule is CCCCC(=O)N[C@@H]1[C@@H](O[C@H](C)C(=O)N[C@@H](C)C(=O)N[C@H](CCC(=O)O)C(N)=O)[C@H](O)[C@@H](CO)O[C@H]1O. The molecule has 1 rings (SSSR count). The lowest BCUT2D eigenvalue weighted by Crippen LogP contribution is -2.66. The van der Waals surface area contributed by atoms with Gasteiger partial charge in [0.25, 0.3) is 0 Å². The quantitative estimate of drug-likeness (QED) is 0.104. The fourth-order valence-corrected chi connectivity index (χ4v) is 3.54. The third-order valence-corrected chi connectivity index (χ3v) is 5.75. The van der Waals surface area contributed by atoms with Crippen LogP contribution in [-0.4, -0.2) is 105 Å². The first-order chi connectivity index (χ1) is 17.3. The fourth-order valence-electron chi connectivity index (χ4n) is 3.54. The molecule has 0 radical (unpaired) electrons. The van der Waals surface area contributed by atoms with Crippen molar-refractivity contribution in [2.75, 3.05) is 6.61 Å². The van der Waals surface area contributed by atoms with Gasteiger partial charge in [-0.2, -0.15) is 0 Å². The molecule has 0 saturated carbocycles. The van der Waals surface area contributed by atoms with Crippen molar-refractivity contribution in [2.45, 2.75) is 102 Å². The second-order valence-electron chi connectivity index (χ2n) is 8.80. The van der Waals surface area contributed by atoms with E-state index >= 15 is 0 Å². The second-order valence-corrected chi connectivity index (χ2v) is 8.80. The van der Waals surface area contributed by atoms with Gasteiger partial charge in [0.2, 0.25) is 23.6 Å². The van der Waals surface area contributed by atoms with Crippen LogP contribution in [0.4, 0.5) is 0 Å². The molecule has 15 nitrogen and oxygen atoms in total. The lowest BCUT2D eigenvalue weighted by Gasteiger charge is -2.43. The number of nitrogens with one attached hydrogen (secondary N) is 3. The van der Waals surface area contributed by atoms with E-state index in [1.807, 2.05) is 6.92 Å². The minimum Gasteiger partial charge on any atom is -0.481 e. The number of ether oxygens (including phenoxy) is 2. The molecule has 1 heterocycles. The number of carboxylic acid groups (broad SMARTS) is 1. The molecule has 15 heteroatoms. The standard InChI is InChI=1S/C22H38N4O11/c1-4-5-6-14(28)26-16-18(17(31)13(9-27)37-22(16)35)36-11(3)21(34)24-10(2)20(33)25-12(19(23)32)7-8-15(29)30/h10-13,16-18,22,27,31,35H,4-9H2,1-3H3,(H2,23,32)(H,24,34)(H,25,33)(H,26,28)(H,29,30)/t10-,11+,12+,13+,16+,17+,18+,22+/m0/s1. The molecule has 8 atom stereocenters. The molecule has 0 aromatic rings. The number of primary amides is 1. The van der Waals surface area contributed by atoms with Crippen molar-refractivity contribution in [3.63, 3.8) is 0 Å². The number of aliphatic hydroxyl groups excluding tert-OH is 3. The Labute approximate surface area is 214 Å². The van der Waals surface area contributed by atoms with Gasteiger partial charge >= 0.3 is 5.97 Å². The minimum absolute atomic E-state index is 0.146. The molecule has 0 unspecified atom stereocenters. The number of hydrogen-bond acceptors (Lipinski definition) is 10. The molecule has 1 fully saturated rings. The molecule has 0 aromatic heterocycles. The number of carbonyl (C=O) groups is 5. The van der Waals surface area contributed by atoms with E-state index in [2.05, 4.69) is 16.0 Å². The lowest BCUT2D eigenvalue weighted by molar-refractivity contribution is -0.266. The van der Waals surface area contributed by atoms with E-state index in [0.717, 1.165) is 6.42 Å². The van der Waals surface area contributed by atoms with Gasteiger partial charge in [-0.25, -0.2) is 0 Å². The number of carboxylic acids is 1. The van der Waals surface area contributed by atoms with Gasteiger partial charge in [0.1, 0.15) is 42.5 Å². The molecule has 1 aliphatic heterocycles. The summed E-state index contributed by atoms with van der Waals surface area (Å²) in [4.78, 5) is 59.5. The van der Waals surface area contributed by atoms with E-state index in [1.54, 1.807) is 0 Å². The van der Waals surface area contributed by atoms with Gasteiger partial charge in [-0.15, -0.1) is 0 Å². The first-order valence-corrected chi connectivity index (χ1v) is 12.0. The number of unbranched alkanes of at least 4 members (excludes halogenated alkanes) is 1. The predicted molar refractivity (Wildman–Crippen MR) is 125 cm³/mol. The topological polar surface area (TPSA) is 247 Å². The number of carbonyl (C=O) groups excluding carboxylic acids is 4. The summed E-state index contributed by atoms with van der Waals surface area (Å²) in [6, 6.07) is -3.71. The Balaban J connectivity index is 2.85. The number of aliphatic hydroxyl groups is 3. The summed E-state index contributed by atoms with van der Waals surface area (Å²) in [6.45, 7) is 3.83. The average molecular weight is 535 g/mol. The lowest BCUT2D eigenvalue weighted by atomic mass is 9.96. The summed E-state index contributed by atoms with van der Waals surface area (Å²) in [5.41, 5.74) is 5.19. The monoisotopic (exact) mass is 534 g/mol. The Kier molecular flexibility index (Phi) is 13.4. The van der Waals surface area contributed by atoms with Crippen molar-refractivity contribution in [1.29, 1.82) is 0 Å². The van der Waals surface area contributed by atoms with Crippen LogP contribution in [0.25, 0.3) is 0 Å². The molecule has 0 aromatic carbocycles. The molecule has 212 valence electrons. The third kappa shape index (κ3) is 10.2. The fraction of sp³-hybridized carbons (Fsp3) is 0.773. The Morgan fingerprint density at radius 2 is 1.70 bits per heavy atom. The van der Waals surface area contributed by atoms with Gasteiger partial charge in [-0.05, 0) is 26.7 Å². The number of aliphatic carboxylic acids is 1. The van der Waals surface area contributed by atoms with E-state index < -0.39 is 91.5 Å². The summed E-state index contributed by atoms with van der Waals surface area (Å²) in [5.74, 6) is -4.18. The smallest absolute Gasteiger partial charge is 0.303 e. The van der Waals surface area contributed by atoms with E-state index in [4.69, 9.17) is 20.3 Å². The Morgan fingerprint density at radius 1 is 1.05 bits per heavy atom. The highest BCUT2D eigenvalue weighted by Gasteiger charge is 2.47. The van der Waals surface area contributed by atoms with Gasteiger partial charge in [-0.3, -0.25) is 24.0 Å². The zero-order valence-corrected chi connectivity index (χ0v) is 21.1. The van der Waals surface area contributed by atoms with Gasteiger partial charge in [0.05, 0.1) is 6.61 Å². The van der Waals surface area contributed by atoms with Gasteiger partial charge < -0.3 is 51.6 Å². The van der Waals surface area contributed by atoms with E-state index in [0.29, 0.717) is 6.42 Å². The highest BCUT2D eigenvalue weighted by atomic mass is 16.6. The van der Waals surface area contributed by atoms with E-state index in [9.17, 15) is 39.3 Å². The van der Waals surface area contributed by atoms with Crippen molar-refractivity contribution >= 4 is 29.6 Å². The molecular weight excluding hydrogens is 496 g/mol. The zero-order chi connectivity index (χ0) is 28.3. The largest absolute Gasteiger partial charge is 0.481 e. The van der Waals surface area contributed by atoms with Crippen molar-refractivity contribution < 1.29 is 53.9 Å². The molecule has 4 amide bonds. The Bertz CT molecular complexity index is 811. The minimum atomic E-state index is -1.65. The van der Waals surface area contributed by atoms with Crippen LogP contribution in [0, 0.1) is 0 Å². The van der Waals surface area contributed by atoms with Crippen molar-refractivity contribution in [3.05, 3.63) is 0 Å². The number of rotatable bonds is 15. The predicted octanol–water partition coefficient (Wildman–Crippen LogP) is -3.15. The molecule has 37 heavy (non-hydrogen) atoms. The van der Waals surface area contributed by atoms with Crippen molar-refractivity contribution in [2.24, 2.45) is 5.73 Å². The van der Waals surface area contributed by atoms with Crippen molar-refractivity contribution in [3.8, 4) is 0 Å². The van der Waals surface area contributed by atoms with Crippen LogP contribution >= 0.6 is 0 Å². The van der Waals surface area contributed by atoms with Gasteiger partial charge in [-0.1, -0.05) is 13.3 Å². The molecule has 0 aliphatic carbocycles. The number of hydrogen-bond donors (Lipinski definition) is 8. The summed E-state index contributed by atoms with van der Waals surface area (Å²) in [7, 11) is 0. The maximum atomic E-state index is 12.7. The maximum absolute atomic E-state index is 12.7. The third-order valence-electron chi connectivity index (χ3n) is 5.75. The van der Waals surface area contributed by atoms with Crippen LogP contribution in [0.3, 0.4) is 0 Å². The molecule has 1 aliphatic rings. The van der Waals surface area contributed by atoms with E-state index in [1.165, 1.54) is 13.8 Å². The normalized spacial score (nSPS) is 25.8. The molecule has 0 bridgehead atoms. The second kappa shape index (κ2) is 15.4. The molecular formula is C22H38N4O11. The average Bonchev–Trinajstić information content (AvgIpc) is 2.83. The highest BCUT2D eigenvalue weighted by Crippen LogP contribution is 2.24. The van der Waals surface area contributed by atoms with Gasteiger partial charge in [0.15, 0.2) is 6.29 Å². The highest BCUT2D eigenvalue weighted by molar-refractivity contribution is 5.92. The summed E-state index contributed by atoms with van der Waals surface area (Å²) in [5, 5.41) is 46.3. The first-order valence-electron chi connectivity index (χ1n) is 12.0. The summed E-state index contributed by atoms with van der Waals surface area (Å²) < 4.78 is 10.8. The maximum Gasteiger partial charge on any atom is 0.303 e. The van der Waals surface area contributed by atoms with Crippen LogP contribution in [0.5, 0.6) is 0 Å². The van der Waals surface area contributed by atoms with Crippen LogP contribution in [-0.2, 0) is 33.4 Å². The molecule has 9 N–H and O–H groups in total.